The van der Waals surface area contributed by atoms with Gasteiger partial charge in [-0.3, -0.25) is 0 Å². The molecule has 0 unspecified atom stereocenters. The van der Waals surface area contributed by atoms with Gasteiger partial charge in [-0.2, -0.15) is 0 Å². The number of hydrogen-bond donors (Lipinski definition) is 3. The van der Waals surface area contributed by atoms with Crippen LogP contribution >= 0.6 is 24.0 Å². The lowest BCUT2D eigenvalue weighted by Gasteiger charge is -1.95. The quantitative estimate of drug-likeness (QED) is 0.653. The van der Waals surface area contributed by atoms with Crippen LogP contribution in [0.2, 0.25) is 0 Å². The van der Waals surface area contributed by atoms with E-state index in [1.165, 1.54) is 11.3 Å². The maximum Gasteiger partial charge on any atom is 0.337 e. The SMILES string of the molecule is Nc1sc2c(C(=O)O)cccc2c1S. The van der Waals surface area contributed by atoms with E-state index in [-0.39, 0.29) is 5.56 Å². The molecule has 1 heterocycles. The van der Waals surface area contributed by atoms with Crippen LogP contribution in [0.1, 0.15) is 10.4 Å². The predicted molar refractivity (Wildman–Crippen MR) is 60.4 cm³/mol. The van der Waals surface area contributed by atoms with E-state index < -0.39 is 5.97 Å². The number of carboxylic acids is 1. The number of carboxylic acid groups (broad SMARTS) is 1. The number of carbonyl (C=O) groups is 1. The average molecular weight is 225 g/mol. The van der Waals surface area contributed by atoms with Crippen LogP contribution in [0.4, 0.5) is 5.00 Å². The smallest absolute Gasteiger partial charge is 0.337 e. The molecule has 5 heteroatoms. The second-order valence-corrected chi connectivity index (χ2v) is 4.30. The van der Waals surface area contributed by atoms with E-state index >= 15 is 0 Å². The molecule has 0 saturated heterocycles. The van der Waals surface area contributed by atoms with Crippen LogP contribution in [0.3, 0.4) is 0 Å². The van der Waals surface area contributed by atoms with E-state index in [0.717, 1.165) is 5.39 Å². The summed E-state index contributed by atoms with van der Waals surface area (Å²) < 4.78 is 0.683. The Balaban J connectivity index is 2.88. The Morgan fingerprint density at radius 3 is 2.86 bits per heavy atom. The number of aromatic carboxylic acids is 1. The summed E-state index contributed by atoms with van der Waals surface area (Å²) in [6.45, 7) is 0. The zero-order valence-corrected chi connectivity index (χ0v) is 8.73. The molecule has 2 aromatic rings. The Morgan fingerprint density at radius 1 is 1.50 bits per heavy atom. The number of nitrogen functional groups attached to an aromatic ring is 1. The minimum atomic E-state index is -0.940. The molecule has 14 heavy (non-hydrogen) atoms. The Bertz CT molecular complexity index is 519. The summed E-state index contributed by atoms with van der Waals surface area (Å²) in [6.07, 6.45) is 0. The fraction of sp³-hybridized carbons (Fsp3) is 0. The van der Waals surface area contributed by atoms with Crippen LogP contribution in [0.25, 0.3) is 10.1 Å². The van der Waals surface area contributed by atoms with Crippen molar-refractivity contribution in [2.75, 3.05) is 5.73 Å². The highest BCUT2D eigenvalue weighted by Gasteiger charge is 2.13. The summed E-state index contributed by atoms with van der Waals surface area (Å²) in [6, 6.07) is 5.07. The van der Waals surface area contributed by atoms with Crippen molar-refractivity contribution < 1.29 is 9.90 Å². The molecule has 0 saturated carbocycles. The van der Waals surface area contributed by atoms with E-state index in [1.807, 2.05) is 6.07 Å². The van der Waals surface area contributed by atoms with Gasteiger partial charge in [0.25, 0.3) is 0 Å². The van der Waals surface area contributed by atoms with Gasteiger partial charge in [-0.1, -0.05) is 12.1 Å². The Morgan fingerprint density at radius 2 is 2.21 bits per heavy atom. The highest BCUT2D eigenvalue weighted by molar-refractivity contribution is 7.81. The summed E-state index contributed by atoms with van der Waals surface area (Å²) in [4.78, 5) is 11.5. The second-order valence-electron chi connectivity index (χ2n) is 2.80. The number of thiophene rings is 1. The molecule has 0 atom stereocenters. The number of thiol groups is 1. The molecular weight excluding hydrogens is 218 g/mol. The largest absolute Gasteiger partial charge is 0.478 e. The molecular formula is C9H7NO2S2. The van der Waals surface area contributed by atoms with Gasteiger partial charge in [0, 0.05) is 10.3 Å². The molecule has 3 nitrogen and oxygen atoms in total. The van der Waals surface area contributed by atoms with Gasteiger partial charge in [0.2, 0.25) is 0 Å². The van der Waals surface area contributed by atoms with E-state index in [2.05, 4.69) is 12.6 Å². The van der Waals surface area contributed by atoms with Crippen molar-refractivity contribution in [3.63, 3.8) is 0 Å². The third-order valence-electron chi connectivity index (χ3n) is 1.95. The van der Waals surface area contributed by atoms with Crippen LogP contribution < -0.4 is 5.73 Å². The summed E-state index contributed by atoms with van der Waals surface area (Å²) >= 11 is 5.48. The fourth-order valence-electron chi connectivity index (χ4n) is 1.29. The zero-order valence-electron chi connectivity index (χ0n) is 7.02. The number of rotatable bonds is 1. The molecule has 1 aromatic carbocycles. The summed E-state index contributed by atoms with van der Waals surface area (Å²) in [5, 5.41) is 10.3. The lowest BCUT2D eigenvalue weighted by atomic mass is 10.2. The third kappa shape index (κ3) is 1.25. The van der Waals surface area contributed by atoms with Crippen LogP contribution in [0.5, 0.6) is 0 Å². The first-order valence-electron chi connectivity index (χ1n) is 3.84. The maximum absolute atomic E-state index is 10.9. The molecule has 0 fully saturated rings. The first kappa shape index (κ1) is 9.36. The number of benzene rings is 1. The minimum Gasteiger partial charge on any atom is -0.478 e. The molecule has 0 spiro atoms. The maximum atomic E-state index is 10.9. The normalized spacial score (nSPS) is 10.6. The molecule has 0 amide bonds. The van der Waals surface area contributed by atoms with Gasteiger partial charge in [0.15, 0.2) is 0 Å². The summed E-state index contributed by atoms with van der Waals surface area (Å²) in [7, 11) is 0. The molecule has 72 valence electrons. The molecule has 0 bridgehead atoms. The number of fused-ring (bicyclic) bond motifs is 1. The van der Waals surface area contributed by atoms with Crippen LogP contribution in [0.15, 0.2) is 23.1 Å². The molecule has 0 aliphatic heterocycles. The van der Waals surface area contributed by atoms with Gasteiger partial charge in [0.05, 0.1) is 10.3 Å². The van der Waals surface area contributed by atoms with Gasteiger partial charge >= 0.3 is 5.97 Å². The van der Waals surface area contributed by atoms with Crippen molar-refractivity contribution in [1.29, 1.82) is 0 Å². The lowest BCUT2D eigenvalue weighted by molar-refractivity contribution is 0.0699. The molecule has 1 aromatic heterocycles. The molecule has 0 radical (unpaired) electrons. The standard InChI is InChI=1S/C9H7NO2S2/c10-8-6(13)4-2-1-3-5(9(11)12)7(4)14-8/h1-3,13H,10H2,(H,11,12). The average Bonchev–Trinajstić information content (AvgIpc) is 2.43. The van der Waals surface area contributed by atoms with Gasteiger partial charge in [-0.05, 0) is 6.07 Å². The topological polar surface area (TPSA) is 63.3 Å². The first-order chi connectivity index (χ1) is 6.61. The zero-order chi connectivity index (χ0) is 10.3. The second kappa shape index (κ2) is 3.18. The van der Waals surface area contributed by atoms with Crippen molar-refractivity contribution in [2.45, 2.75) is 4.90 Å². The van der Waals surface area contributed by atoms with Crippen molar-refractivity contribution >= 4 is 45.0 Å². The van der Waals surface area contributed by atoms with E-state index in [9.17, 15) is 4.79 Å². The molecule has 0 aliphatic carbocycles. The summed E-state index contributed by atoms with van der Waals surface area (Å²) in [5.74, 6) is -0.940. The number of hydrogen-bond acceptors (Lipinski definition) is 4. The Labute approximate surface area is 89.6 Å². The number of anilines is 1. The van der Waals surface area contributed by atoms with Gasteiger partial charge in [-0.15, -0.1) is 24.0 Å². The lowest BCUT2D eigenvalue weighted by Crippen LogP contribution is -1.95. The van der Waals surface area contributed by atoms with E-state index in [4.69, 9.17) is 10.8 Å². The summed E-state index contributed by atoms with van der Waals surface area (Å²) in [5.41, 5.74) is 5.95. The predicted octanol–water partition coefficient (Wildman–Crippen LogP) is 2.47. The van der Waals surface area contributed by atoms with Gasteiger partial charge in [0.1, 0.15) is 5.00 Å². The van der Waals surface area contributed by atoms with Crippen LogP contribution in [-0.4, -0.2) is 11.1 Å². The minimum absolute atomic E-state index is 0.277. The monoisotopic (exact) mass is 225 g/mol. The van der Waals surface area contributed by atoms with Crippen LogP contribution in [-0.2, 0) is 0 Å². The van der Waals surface area contributed by atoms with E-state index in [1.54, 1.807) is 12.1 Å². The highest BCUT2D eigenvalue weighted by atomic mass is 32.1. The third-order valence-corrected chi connectivity index (χ3v) is 3.65. The Hall–Kier alpha value is -1.20. The number of nitrogens with two attached hydrogens (primary N) is 1. The van der Waals surface area contributed by atoms with Crippen molar-refractivity contribution in [3.05, 3.63) is 23.8 Å². The first-order valence-corrected chi connectivity index (χ1v) is 5.11. The van der Waals surface area contributed by atoms with Crippen molar-refractivity contribution in [2.24, 2.45) is 0 Å². The highest BCUT2D eigenvalue weighted by Crippen LogP contribution is 2.37. The Kier molecular flexibility index (Phi) is 2.13. The van der Waals surface area contributed by atoms with Crippen molar-refractivity contribution in [1.82, 2.24) is 0 Å². The molecule has 0 aliphatic rings. The fourth-order valence-corrected chi connectivity index (χ4v) is 2.66. The molecule has 3 N–H and O–H groups in total. The van der Waals surface area contributed by atoms with Crippen molar-refractivity contribution in [3.8, 4) is 0 Å². The van der Waals surface area contributed by atoms with E-state index in [0.29, 0.717) is 14.6 Å². The molecule has 2 rings (SSSR count). The van der Waals surface area contributed by atoms with Gasteiger partial charge in [-0.25, -0.2) is 4.79 Å². The van der Waals surface area contributed by atoms with Gasteiger partial charge < -0.3 is 10.8 Å². The van der Waals surface area contributed by atoms with Crippen LogP contribution in [0, 0.1) is 0 Å².